The molecule has 1 heterocycles. The smallest absolute Gasteiger partial charge is 0.0833 e. The second-order valence-electron chi connectivity index (χ2n) is 3.64. The van der Waals surface area contributed by atoms with Gasteiger partial charge in [0.1, 0.15) is 0 Å². The first kappa shape index (κ1) is 8.76. The van der Waals surface area contributed by atoms with Crippen LogP contribution in [-0.4, -0.2) is 0 Å². The number of fused-ring (bicyclic) bond motifs is 1. The standard InChI is InChI=1S/C12H16O/c1-2-3-8-12-11-7-5-4-6-10(11)9-13-12/h4-7,12H,2-3,8-9H2,1H3. The van der Waals surface area contributed by atoms with Gasteiger partial charge in [-0.25, -0.2) is 0 Å². The summed E-state index contributed by atoms with van der Waals surface area (Å²) in [4.78, 5) is 0. The lowest BCUT2D eigenvalue weighted by Crippen LogP contribution is -1.94. The van der Waals surface area contributed by atoms with Gasteiger partial charge in [0.2, 0.25) is 0 Å². The molecule has 0 aromatic heterocycles. The van der Waals surface area contributed by atoms with Gasteiger partial charge in [0.25, 0.3) is 0 Å². The predicted molar refractivity (Wildman–Crippen MR) is 53.5 cm³/mol. The molecule has 1 aliphatic heterocycles. The molecule has 0 saturated heterocycles. The van der Waals surface area contributed by atoms with E-state index >= 15 is 0 Å². The zero-order valence-corrected chi connectivity index (χ0v) is 8.12. The summed E-state index contributed by atoms with van der Waals surface area (Å²) in [6.07, 6.45) is 4.06. The van der Waals surface area contributed by atoms with Gasteiger partial charge in [-0.1, -0.05) is 44.0 Å². The highest BCUT2D eigenvalue weighted by Crippen LogP contribution is 2.33. The molecule has 0 fully saturated rings. The van der Waals surface area contributed by atoms with Gasteiger partial charge in [-0.15, -0.1) is 0 Å². The van der Waals surface area contributed by atoms with Crippen LogP contribution in [0.3, 0.4) is 0 Å². The van der Waals surface area contributed by atoms with E-state index in [-0.39, 0.29) is 0 Å². The molecule has 0 amide bonds. The second-order valence-corrected chi connectivity index (χ2v) is 3.64. The molecule has 1 aromatic rings. The van der Waals surface area contributed by atoms with Crippen molar-refractivity contribution >= 4 is 0 Å². The van der Waals surface area contributed by atoms with E-state index in [2.05, 4.69) is 31.2 Å². The maximum atomic E-state index is 5.73. The maximum Gasteiger partial charge on any atom is 0.0833 e. The van der Waals surface area contributed by atoms with Crippen LogP contribution in [0, 0.1) is 0 Å². The minimum Gasteiger partial charge on any atom is -0.369 e. The number of ether oxygens (including phenoxy) is 1. The van der Waals surface area contributed by atoms with Crippen molar-refractivity contribution < 1.29 is 4.74 Å². The Labute approximate surface area is 79.7 Å². The summed E-state index contributed by atoms with van der Waals surface area (Å²) in [7, 11) is 0. The second kappa shape index (κ2) is 3.93. The third-order valence-electron chi connectivity index (χ3n) is 2.66. The van der Waals surface area contributed by atoms with Crippen LogP contribution in [0.25, 0.3) is 0 Å². The van der Waals surface area contributed by atoms with Gasteiger partial charge in [-0.2, -0.15) is 0 Å². The van der Waals surface area contributed by atoms with Crippen molar-refractivity contribution in [3.63, 3.8) is 0 Å². The highest BCUT2D eigenvalue weighted by atomic mass is 16.5. The lowest BCUT2D eigenvalue weighted by atomic mass is 10.0. The van der Waals surface area contributed by atoms with E-state index in [1.807, 2.05) is 0 Å². The van der Waals surface area contributed by atoms with Gasteiger partial charge in [0.05, 0.1) is 12.7 Å². The molecule has 0 radical (unpaired) electrons. The topological polar surface area (TPSA) is 9.23 Å². The first-order valence-electron chi connectivity index (χ1n) is 5.11. The summed E-state index contributed by atoms with van der Waals surface area (Å²) in [5.41, 5.74) is 2.79. The Balaban J connectivity index is 2.09. The van der Waals surface area contributed by atoms with E-state index in [4.69, 9.17) is 4.74 Å². The van der Waals surface area contributed by atoms with Crippen LogP contribution >= 0.6 is 0 Å². The highest BCUT2D eigenvalue weighted by molar-refractivity contribution is 5.31. The van der Waals surface area contributed by atoms with Crippen molar-refractivity contribution in [2.24, 2.45) is 0 Å². The number of benzene rings is 1. The molecule has 1 unspecified atom stereocenters. The molecule has 0 saturated carbocycles. The normalized spacial score (nSPS) is 20.2. The minimum atomic E-state index is 0.371. The van der Waals surface area contributed by atoms with Crippen molar-refractivity contribution in [1.29, 1.82) is 0 Å². The average Bonchev–Trinajstić information content (AvgIpc) is 2.58. The molecule has 0 spiro atoms. The molecule has 0 bridgehead atoms. The minimum absolute atomic E-state index is 0.371. The van der Waals surface area contributed by atoms with Crippen LogP contribution in [-0.2, 0) is 11.3 Å². The van der Waals surface area contributed by atoms with E-state index in [0.29, 0.717) is 6.10 Å². The van der Waals surface area contributed by atoms with E-state index in [1.165, 1.54) is 30.4 Å². The summed E-state index contributed by atoms with van der Waals surface area (Å²) in [5.74, 6) is 0. The summed E-state index contributed by atoms with van der Waals surface area (Å²) in [5, 5.41) is 0. The largest absolute Gasteiger partial charge is 0.369 e. The van der Waals surface area contributed by atoms with Crippen molar-refractivity contribution in [3.8, 4) is 0 Å². The van der Waals surface area contributed by atoms with Crippen LogP contribution < -0.4 is 0 Å². The molecule has 70 valence electrons. The molecule has 1 nitrogen and oxygen atoms in total. The number of unbranched alkanes of at least 4 members (excludes halogenated alkanes) is 1. The summed E-state index contributed by atoms with van der Waals surface area (Å²) < 4.78 is 5.73. The fourth-order valence-electron chi connectivity index (χ4n) is 1.89. The first-order valence-corrected chi connectivity index (χ1v) is 5.11. The van der Waals surface area contributed by atoms with Crippen molar-refractivity contribution in [3.05, 3.63) is 35.4 Å². The molecular weight excluding hydrogens is 160 g/mol. The lowest BCUT2D eigenvalue weighted by Gasteiger charge is -2.09. The molecule has 0 aliphatic carbocycles. The average molecular weight is 176 g/mol. The summed E-state index contributed by atoms with van der Waals surface area (Å²) in [6.45, 7) is 3.03. The number of hydrogen-bond donors (Lipinski definition) is 0. The molecule has 1 aromatic carbocycles. The van der Waals surface area contributed by atoms with Crippen molar-refractivity contribution in [2.75, 3.05) is 0 Å². The number of hydrogen-bond acceptors (Lipinski definition) is 1. The Morgan fingerprint density at radius 3 is 3.08 bits per heavy atom. The van der Waals surface area contributed by atoms with E-state index < -0.39 is 0 Å². The van der Waals surface area contributed by atoms with Gasteiger partial charge < -0.3 is 4.74 Å². The lowest BCUT2D eigenvalue weighted by molar-refractivity contribution is 0.0586. The molecule has 13 heavy (non-hydrogen) atoms. The summed E-state index contributed by atoms with van der Waals surface area (Å²) >= 11 is 0. The molecule has 0 N–H and O–H groups in total. The van der Waals surface area contributed by atoms with Gasteiger partial charge in [-0.05, 0) is 17.5 Å². The summed E-state index contributed by atoms with van der Waals surface area (Å²) in [6, 6.07) is 8.56. The van der Waals surface area contributed by atoms with Crippen LogP contribution in [0.15, 0.2) is 24.3 Å². The zero-order chi connectivity index (χ0) is 9.10. The Bertz CT molecular complexity index is 280. The highest BCUT2D eigenvalue weighted by Gasteiger charge is 2.21. The molecular formula is C12H16O. The van der Waals surface area contributed by atoms with Crippen molar-refractivity contribution in [2.45, 2.75) is 38.9 Å². The van der Waals surface area contributed by atoms with Crippen LogP contribution in [0.1, 0.15) is 43.4 Å². The quantitative estimate of drug-likeness (QED) is 0.685. The Kier molecular flexibility index (Phi) is 2.65. The van der Waals surface area contributed by atoms with E-state index in [0.717, 1.165) is 6.61 Å². The predicted octanol–water partition coefficient (Wildman–Crippen LogP) is 3.45. The fraction of sp³-hybridized carbons (Fsp3) is 0.500. The van der Waals surface area contributed by atoms with Gasteiger partial charge in [0.15, 0.2) is 0 Å². The molecule has 1 aliphatic rings. The van der Waals surface area contributed by atoms with Gasteiger partial charge >= 0.3 is 0 Å². The molecule has 2 rings (SSSR count). The SMILES string of the molecule is CCCCC1OCc2ccccc21. The van der Waals surface area contributed by atoms with Gasteiger partial charge in [-0.3, -0.25) is 0 Å². The molecule has 1 heteroatoms. The van der Waals surface area contributed by atoms with E-state index in [1.54, 1.807) is 0 Å². The number of rotatable bonds is 3. The fourth-order valence-corrected chi connectivity index (χ4v) is 1.89. The van der Waals surface area contributed by atoms with Crippen LogP contribution in [0.4, 0.5) is 0 Å². The molecule has 1 atom stereocenters. The van der Waals surface area contributed by atoms with Crippen molar-refractivity contribution in [1.82, 2.24) is 0 Å². The zero-order valence-electron chi connectivity index (χ0n) is 8.12. The van der Waals surface area contributed by atoms with Gasteiger partial charge in [0, 0.05) is 0 Å². The Morgan fingerprint density at radius 1 is 1.38 bits per heavy atom. The van der Waals surface area contributed by atoms with Crippen LogP contribution in [0.2, 0.25) is 0 Å². The third kappa shape index (κ3) is 1.75. The Hall–Kier alpha value is -0.820. The first-order chi connectivity index (χ1) is 6.42. The Morgan fingerprint density at radius 2 is 2.23 bits per heavy atom. The monoisotopic (exact) mass is 176 g/mol. The van der Waals surface area contributed by atoms with E-state index in [9.17, 15) is 0 Å². The maximum absolute atomic E-state index is 5.73. The third-order valence-corrected chi connectivity index (χ3v) is 2.66. The van der Waals surface area contributed by atoms with Crippen LogP contribution in [0.5, 0.6) is 0 Å².